The van der Waals surface area contributed by atoms with Crippen LogP contribution in [-0.4, -0.2) is 5.91 Å². The van der Waals surface area contributed by atoms with Gasteiger partial charge < -0.3 is 10.1 Å². The summed E-state index contributed by atoms with van der Waals surface area (Å²) in [4.78, 5) is 11.8. The molecule has 0 aliphatic heterocycles. The van der Waals surface area contributed by atoms with E-state index in [2.05, 4.69) is 37.4 Å². The first kappa shape index (κ1) is 14.6. The van der Waals surface area contributed by atoms with E-state index >= 15 is 0 Å². The van der Waals surface area contributed by atoms with Gasteiger partial charge in [0.05, 0.1) is 0 Å². The minimum absolute atomic E-state index is 0.117. The van der Waals surface area contributed by atoms with Gasteiger partial charge in [0, 0.05) is 17.7 Å². The van der Waals surface area contributed by atoms with Gasteiger partial charge in [0.1, 0.15) is 12.4 Å². The van der Waals surface area contributed by atoms with Gasteiger partial charge in [-0.05, 0) is 49.9 Å². The Labute approximate surface area is 131 Å². The molecule has 114 valence electrons. The summed E-state index contributed by atoms with van der Waals surface area (Å²) in [5.41, 5.74) is 4.45. The second-order valence-electron chi connectivity index (χ2n) is 6.01. The van der Waals surface area contributed by atoms with Crippen LogP contribution in [0.25, 0.3) is 0 Å². The number of carbonyl (C=O) groups excluding carboxylic acids is 1. The van der Waals surface area contributed by atoms with Crippen LogP contribution in [0.15, 0.2) is 42.5 Å². The van der Waals surface area contributed by atoms with Gasteiger partial charge in [0.15, 0.2) is 0 Å². The number of hydrogen-bond donors (Lipinski definition) is 1. The van der Waals surface area contributed by atoms with Crippen molar-refractivity contribution in [3.8, 4) is 5.75 Å². The standard InChI is InChI=1S/C19H21NO2/c1-13-6-7-14(2)16(10-13)12-22-18-5-3-4-17(11-18)20-19(21)15-8-9-15/h3-7,10-11,15H,8-9,12H2,1-2H3,(H,20,21). The Morgan fingerprint density at radius 1 is 1.18 bits per heavy atom. The lowest BCUT2D eigenvalue weighted by Gasteiger charge is -2.11. The molecule has 0 spiro atoms. The van der Waals surface area contributed by atoms with Crippen LogP contribution in [0.3, 0.4) is 0 Å². The summed E-state index contributed by atoms with van der Waals surface area (Å²) in [6.45, 7) is 4.70. The number of anilines is 1. The molecule has 0 unspecified atom stereocenters. The summed E-state index contributed by atoms with van der Waals surface area (Å²) in [7, 11) is 0. The highest BCUT2D eigenvalue weighted by molar-refractivity contribution is 5.94. The first-order valence-corrected chi connectivity index (χ1v) is 7.72. The SMILES string of the molecule is Cc1ccc(C)c(COc2cccc(NC(=O)C3CC3)c2)c1. The van der Waals surface area contributed by atoms with Crippen LogP contribution in [-0.2, 0) is 11.4 Å². The van der Waals surface area contributed by atoms with E-state index in [4.69, 9.17) is 4.74 Å². The zero-order chi connectivity index (χ0) is 15.5. The fourth-order valence-corrected chi connectivity index (χ4v) is 2.37. The molecule has 0 radical (unpaired) electrons. The first-order valence-electron chi connectivity index (χ1n) is 7.72. The van der Waals surface area contributed by atoms with Crippen molar-refractivity contribution in [3.05, 3.63) is 59.2 Å². The molecule has 1 aliphatic rings. The summed E-state index contributed by atoms with van der Waals surface area (Å²) >= 11 is 0. The molecule has 0 atom stereocenters. The maximum atomic E-state index is 11.8. The highest BCUT2D eigenvalue weighted by Crippen LogP contribution is 2.30. The predicted molar refractivity (Wildman–Crippen MR) is 88.0 cm³/mol. The minimum atomic E-state index is 0.117. The third-order valence-electron chi connectivity index (χ3n) is 3.95. The zero-order valence-electron chi connectivity index (χ0n) is 13.1. The number of rotatable bonds is 5. The van der Waals surface area contributed by atoms with E-state index in [1.165, 1.54) is 16.7 Å². The van der Waals surface area contributed by atoms with Gasteiger partial charge in [-0.3, -0.25) is 4.79 Å². The molecule has 0 bridgehead atoms. The van der Waals surface area contributed by atoms with Crippen molar-refractivity contribution < 1.29 is 9.53 Å². The second kappa shape index (κ2) is 6.22. The largest absolute Gasteiger partial charge is 0.489 e. The predicted octanol–water partition coefficient (Wildman–Crippen LogP) is 4.23. The van der Waals surface area contributed by atoms with Crippen LogP contribution in [0.2, 0.25) is 0 Å². The third-order valence-corrected chi connectivity index (χ3v) is 3.95. The number of ether oxygens (including phenoxy) is 1. The van der Waals surface area contributed by atoms with Gasteiger partial charge in [-0.1, -0.05) is 29.8 Å². The van der Waals surface area contributed by atoms with E-state index in [0.717, 1.165) is 24.3 Å². The molecular weight excluding hydrogens is 274 g/mol. The minimum Gasteiger partial charge on any atom is -0.489 e. The van der Waals surface area contributed by atoms with Gasteiger partial charge in [-0.25, -0.2) is 0 Å². The lowest BCUT2D eigenvalue weighted by atomic mass is 10.1. The van der Waals surface area contributed by atoms with Crippen LogP contribution in [0, 0.1) is 19.8 Å². The molecule has 3 nitrogen and oxygen atoms in total. The number of benzene rings is 2. The number of carbonyl (C=O) groups is 1. The van der Waals surface area contributed by atoms with Crippen molar-refractivity contribution in [1.82, 2.24) is 0 Å². The number of amides is 1. The topological polar surface area (TPSA) is 38.3 Å². The highest BCUT2D eigenvalue weighted by atomic mass is 16.5. The van der Waals surface area contributed by atoms with Crippen molar-refractivity contribution in [3.63, 3.8) is 0 Å². The first-order chi connectivity index (χ1) is 10.6. The average molecular weight is 295 g/mol. The smallest absolute Gasteiger partial charge is 0.227 e. The van der Waals surface area contributed by atoms with E-state index in [1.807, 2.05) is 24.3 Å². The quantitative estimate of drug-likeness (QED) is 0.896. The van der Waals surface area contributed by atoms with E-state index in [9.17, 15) is 4.79 Å². The fraction of sp³-hybridized carbons (Fsp3) is 0.316. The monoisotopic (exact) mass is 295 g/mol. The van der Waals surface area contributed by atoms with Crippen molar-refractivity contribution >= 4 is 11.6 Å². The maximum absolute atomic E-state index is 11.8. The maximum Gasteiger partial charge on any atom is 0.227 e. The number of aryl methyl sites for hydroxylation is 2. The Balaban J connectivity index is 1.64. The van der Waals surface area contributed by atoms with Gasteiger partial charge in [-0.15, -0.1) is 0 Å². The van der Waals surface area contributed by atoms with Crippen molar-refractivity contribution in [1.29, 1.82) is 0 Å². The molecule has 3 rings (SSSR count). The molecule has 1 fully saturated rings. The van der Waals surface area contributed by atoms with Gasteiger partial charge >= 0.3 is 0 Å². The highest BCUT2D eigenvalue weighted by Gasteiger charge is 2.29. The molecule has 1 N–H and O–H groups in total. The molecule has 0 heterocycles. The molecule has 2 aromatic rings. The Morgan fingerprint density at radius 3 is 2.77 bits per heavy atom. The average Bonchev–Trinajstić information content (AvgIpc) is 3.33. The van der Waals surface area contributed by atoms with Gasteiger partial charge in [0.25, 0.3) is 0 Å². The van der Waals surface area contributed by atoms with Gasteiger partial charge in [0.2, 0.25) is 5.91 Å². The van der Waals surface area contributed by atoms with Crippen molar-refractivity contribution in [2.24, 2.45) is 5.92 Å². The molecule has 3 heteroatoms. The molecule has 0 saturated heterocycles. The molecule has 2 aromatic carbocycles. The second-order valence-corrected chi connectivity index (χ2v) is 6.01. The lowest BCUT2D eigenvalue weighted by molar-refractivity contribution is -0.117. The third kappa shape index (κ3) is 3.67. The molecule has 1 saturated carbocycles. The van der Waals surface area contributed by atoms with Crippen molar-refractivity contribution in [2.75, 3.05) is 5.32 Å². The fourth-order valence-electron chi connectivity index (χ4n) is 2.37. The molecule has 1 amide bonds. The molecular formula is C19H21NO2. The number of hydrogen-bond acceptors (Lipinski definition) is 2. The Morgan fingerprint density at radius 2 is 2.00 bits per heavy atom. The van der Waals surface area contributed by atoms with Crippen LogP contribution in [0.1, 0.15) is 29.5 Å². The van der Waals surface area contributed by atoms with E-state index in [0.29, 0.717) is 6.61 Å². The van der Waals surface area contributed by atoms with Crippen LogP contribution in [0.4, 0.5) is 5.69 Å². The van der Waals surface area contributed by atoms with E-state index < -0.39 is 0 Å². The molecule has 1 aliphatic carbocycles. The van der Waals surface area contributed by atoms with Gasteiger partial charge in [-0.2, -0.15) is 0 Å². The Hall–Kier alpha value is -2.29. The van der Waals surface area contributed by atoms with Crippen LogP contribution < -0.4 is 10.1 Å². The van der Waals surface area contributed by atoms with Crippen molar-refractivity contribution in [2.45, 2.75) is 33.3 Å². The summed E-state index contributed by atoms with van der Waals surface area (Å²) < 4.78 is 5.87. The van der Waals surface area contributed by atoms with Crippen LogP contribution >= 0.6 is 0 Å². The summed E-state index contributed by atoms with van der Waals surface area (Å²) in [5.74, 6) is 1.10. The molecule has 22 heavy (non-hydrogen) atoms. The zero-order valence-corrected chi connectivity index (χ0v) is 13.1. The summed E-state index contributed by atoms with van der Waals surface area (Å²) in [6.07, 6.45) is 2.02. The Kier molecular flexibility index (Phi) is 4.14. The lowest BCUT2D eigenvalue weighted by Crippen LogP contribution is -2.13. The molecule has 0 aromatic heterocycles. The van der Waals surface area contributed by atoms with Crippen LogP contribution in [0.5, 0.6) is 5.75 Å². The normalized spacial score (nSPS) is 13.7. The summed E-state index contributed by atoms with van der Waals surface area (Å²) in [6, 6.07) is 14.0. The van der Waals surface area contributed by atoms with E-state index in [-0.39, 0.29) is 11.8 Å². The van der Waals surface area contributed by atoms with E-state index in [1.54, 1.807) is 0 Å². The number of nitrogens with one attached hydrogen (secondary N) is 1. The summed E-state index contributed by atoms with van der Waals surface area (Å²) in [5, 5.41) is 2.94. The Bertz CT molecular complexity index is 690.